The number of hydrogen-bond acceptors (Lipinski definition) is 2. The van der Waals surface area contributed by atoms with E-state index in [0.717, 1.165) is 5.56 Å². The molecule has 0 fully saturated rings. The van der Waals surface area contributed by atoms with Crippen LogP contribution in [0, 0.1) is 11.8 Å². The van der Waals surface area contributed by atoms with Gasteiger partial charge in [-0.25, -0.2) is 0 Å². The van der Waals surface area contributed by atoms with E-state index in [2.05, 4.69) is 43.7 Å². The fraction of sp³-hybridized carbons (Fsp3) is 0. The topological polar surface area (TPSA) is 34.1 Å². The van der Waals surface area contributed by atoms with E-state index in [9.17, 15) is 9.59 Å². The minimum Gasteiger partial charge on any atom is -0.285 e. The van der Waals surface area contributed by atoms with Gasteiger partial charge in [0.1, 0.15) is 0 Å². The van der Waals surface area contributed by atoms with Gasteiger partial charge in [-0.15, -0.1) is 0 Å². The van der Waals surface area contributed by atoms with Crippen LogP contribution in [0.4, 0.5) is 0 Å². The standard InChI is InChI=1S/C22H12Br2O2/c23-17-13-19(22(26)21(25)16-9-5-2-6-10-16)18(20(24)14-17)12-11-15-7-3-1-4-8-15/h1-10,13-14H. The van der Waals surface area contributed by atoms with Gasteiger partial charge in [0, 0.05) is 25.6 Å². The quantitative estimate of drug-likeness (QED) is 0.282. The molecule has 26 heavy (non-hydrogen) atoms. The summed E-state index contributed by atoms with van der Waals surface area (Å²) in [6.07, 6.45) is 0. The summed E-state index contributed by atoms with van der Waals surface area (Å²) in [6.45, 7) is 0. The molecule has 0 bridgehead atoms. The Morgan fingerprint density at radius 2 is 1.35 bits per heavy atom. The Labute approximate surface area is 168 Å². The zero-order valence-electron chi connectivity index (χ0n) is 13.5. The minimum atomic E-state index is -0.587. The van der Waals surface area contributed by atoms with Crippen LogP contribution in [0.1, 0.15) is 31.8 Å². The lowest BCUT2D eigenvalue weighted by Crippen LogP contribution is -2.16. The maximum atomic E-state index is 12.8. The summed E-state index contributed by atoms with van der Waals surface area (Å²) in [6, 6.07) is 21.4. The predicted octanol–water partition coefficient (Wildman–Crippen LogP) is 5.68. The lowest BCUT2D eigenvalue weighted by Gasteiger charge is -2.07. The lowest BCUT2D eigenvalue weighted by atomic mass is 9.97. The Bertz CT molecular complexity index is 1030. The molecule has 3 rings (SSSR count). The molecule has 0 saturated heterocycles. The highest BCUT2D eigenvalue weighted by atomic mass is 79.9. The van der Waals surface area contributed by atoms with Gasteiger partial charge < -0.3 is 0 Å². The summed E-state index contributed by atoms with van der Waals surface area (Å²) in [5.41, 5.74) is 1.94. The molecular formula is C22H12Br2O2. The molecule has 3 aromatic carbocycles. The molecule has 3 aromatic rings. The van der Waals surface area contributed by atoms with Crippen LogP contribution in [-0.4, -0.2) is 11.6 Å². The Morgan fingerprint density at radius 1 is 0.731 bits per heavy atom. The monoisotopic (exact) mass is 466 g/mol. The number of carbonyl (C=O) groups is 2. The molecule has 0 unspecified atom stereocenters. The van der Waals surface area contributed by atoms with Crippen LogP contribution >= 0.6 is 31.9 Å². The van der Waals surface area contributed by atoms with Crippen LogP contribution in [0.25, 0.3) is 0 Å². The molecular weight excluding hydrogens is 456 g/mol. The molecule has 2 nitrogen and oxygen atoms in total. The molecule has 4 heteroatoms. The third-order valence-electron chi connectivity index (χ3n) is 3.65. The zero-order valence-corrected chi connectivity index (χ0v) is 16.7. The van der Waals surface area contributed by atoms with E-state index in [4.69, 9.17) is 0 Å². The predicted molar refractivity (Wildman–Crippen MR) is 109 cm³/mol. The van der Waals surface area contributed by atoms with E-state index < -0.39 is 11.6 Å². The number of carbonyl (C=O) groups excluding carboxylic acids is 2. The number of Topliss-reactive ketones (excluding diaryl/α,β-unsaturated/α-hetero) is 2. The van der Waals surface area contributed by atoms with Crippen molar-refractivity contribution in [1.29, 1.82) is 0 Å². The average Bonchev–Trinajstić information content (AvgIpc) is 2.67. The van der Waals surface area contributed by atoms with E-state index >= 15 is 0 Å². The van der Waals surface area contributed by atoms with Crippen LogP contribution in [0.2, 0.25) is 0 Å². The minimum absolute atomic E-state index is 0.267. The molecule has 0 aliphatic rings. The van der Waals surface area contributed by atoms with Gasteiger partial charge in [-0.1, -0.05) is 76.3 Å². The van der Waals surface area contributed by atoms with Gasteiger partial charge in [0.15, 0.2) is 0 Å². The van der Waals surface area contributed by atoms with Gasteiger partial charge in [0.2, 0.25) is 11.6 Å². The number of benzene rings is 3. The first kappa shape index (κ1) is 18.3. The molecule has 0 heterocycles. The second-order valence-electron chi connectivity index (χ2n) is 5.45. The molecule has 0 aliphatic heterocycles. The highest BCUT2D eigenvalue weighted by Crippen LogP contribution is 2.27. The van der Waals surface area contributed by atoms with E-state index in [1.54, 1.807) is 42.5 Å². The van der Waals surface area contributed by atoms with Gasteiger partial charge in [-0.2, -0.15) is 0 Å². The summed E-state index contributed by atoms with van der Waals surface area (Å²) < 4.78 is 1.35. The van der Waals surface area contributed by atoms with Crippen molar-refractivity contribution in [2.75, 3.05) is 0 Å². The van der Waals surface area contributed by atoms with E-state index in [1.165, 1.54) is 0 Å². The summed E-state index contributed by atoms with van der Waals surface area (Å²) in [7, 11) is 0. The molecule has 0 amide bonds. The van der Waals surface area contributed by atoms with Crippen LogP contribution in [0.15, 0.2) is 81.7 Å². The maximum absolute atomic E-state index is 12.8. The second-order valence-corrected chi connectivity index (χ2v) is 7.22. The Balaban J connectivity index is 2.06. The highest BCUT2D eigenvalue weighted by Gasteiger charge is 2.22. The van der Waals surface area contributed by atoms with Crippen molar-refractivity contribution in [2.45, 2.75) is 0 Å². The number of ketones is 2. The largest absolute Gasteiger partial charge is 0.285 e. The van der Waals surface area contributed by atoms with Crippen molar-refractivity contribution in [3.8, 4) is 11.8 Å². The van der Waals surface area contributed by atoms with Crippen LogP contribution in [0.3, 0.4) is 0 Å². The fourth-order valence-electron chi connectivity index (χ4n) is 2.38. The number of hydrogen-bond donors (Lipinski definition) is 0. The van der Waals surface area contributed by atoms with Gasteiger partial charge in [0.25, 0.3) is 0 Å². The fourth-order valence-corrected chi connectivity index (χ4v) is 3.70. The molecule has 126 valence electrons. The molecule has 0 atom stereocenters. The average molecular weight is 468 g/mol. The van der Waals surface area contributed by atoms with Gasteiger partial charge >= 0.3 is 0 Å². The molecule has 0 aliphatic carbocycles. The molecule has 0 radical (unpaired) electrons. The summed E-state index contributed by atoms with van der Waals surface area (Å²) in [5.74, 6) is 4.91. The molecule has 0 saturated carbocycles. The molecule has 0 aromatic heterocycles. The first-order valence-electron chi connectivity index (χ1n) is 7.76. The van der Waals surface area contributed by atoms with Crippen molar-refractivity contribution in [2.24, 2.45) is 0 Å². The molecule has 0 spiro atoms. The van der Waals surface area contributed by atoms with Crippen molar-refractivity contribution >= 4 is 43.4 Å². The van der Waals surface area contributed by atoms with E-state index in [1.807, 2.05) is 30.3 Å². The van der Waals surface area contributed by atoms with Crippen LogP contribution in [-0.2, 0) is 0 Å². The Morgan fingerprint density at radius 3 is 2.00 bits per heavy atom. The lowest BCUT2D eigenvalue weighted by molar-refractivity contribution is 0.0816. The maximum Gasteiger partial charge on any atom is 0.234 e. The van der Waals surface area contributed by atoms with E-state index in [-0.39, 0.29) is 5.56 Å². The summed E-state index contributed by atoms with van der Waals surface area (Å²) in [5, 5.41) is 0. The van der Waals surface area contributed by atoms with Crippen LogP contribution < -0.4 is 0 Å². The number of halogens is 2. The Kier molecular flexibility index (Phi) is 5.82. The van der Waals surface area contributed by atoms with Crippen molar-refractivity contribution < 1.29 is 9.59 Å². The number of rotatable bonds is 3. The normalized spacial score (nSPS) is 9.92. The molecule has 0 N–H and O–H groups in total. The van der Waals surface area contributed by atoms with E-state index in [0.29, 0.717) is 20.1 Å². The van der Waals surface area contributed by atoms with Gasteiger partial charge in [-0.3, -0.25) is 9.59 Å². The summed E-state index contributed by atoms with van der Waals surface area (Å²) >= 11 is 6.82. The second kappa shape index (κ2) is 8.27. The Hall–Kier alpha value is -2.48. The van der Waals surface area contributed by atoms with Crippen LogP contribution in [0.5, 0.6) is 0 Å². The SMILES string of the molecule is O=C(C(=O)c1cc(Br)cc(Br)c1C#Cc1ccccc1)c1ccccc1. The van der Waals surface area contributed by atoms with Crippen molar-refractivity contribution in [3.63, 3.8) is 0 Å². The smallest absolute Gasteiger partial charge is 0.234 e. The summed E-state index contributed by atoms with van der Waals surface area (Å²) in [4.78, 5) is 25.4. The first-order chi connectivity index (χ1) is 12.6. The first-order valence-corrected chi connectivity index (χ1v) is 9.35. The third kappa shape index (κ3) is 4.19. The third-order valence-corrected chi connectivity index (χ3v) is 4.73. The van der Waals surface area contributed by atoms with Crippen molar-refractivity contribution in [3.05, 3.63) is 104 Å². The zero-order chi connectivity index (χ0) is 18.5. The van der Waals surface area contributed by atoms with Gasteiger partial charge in [-0.05, 0) is 40.2 Å². The highest BCUT2D eigenvalue weighted by molar-refractivity contribution is 9.11. The van der Waals surface area contributed by atoms with Crippen molar-refractivity contribution in [1.82, 2.24) is 0 Å². The van der Waals surface area contributed by atoms with Gasteiger partial charge in [0.05, 0.1) is 5.56 Å².